The fourth-order valence-corrected chi connectivity index (χ4v) is 2.30. The van der Waals surface area contributed by atoms with Crippen LogP contribution in [0.4, 0.5) is 0 Å². The summed E-state index contributed by atoms with van der Waals surface area (Å²) in [5.74, 6) is 1.47. The van der Waals surface area contributed by atoms with Crippen LogP contribution in [0.25, 0.3) is 11.8 Å². The van der Waals surface area contributed by atoms with E-state index in [1.54, 1.807) is 64.2 Å². The molecule has 19 heavy (non-hydrogen) atoms. The molecule has 5 heteroatoms. The summed E-state index contributed by atoms with van der Waals surface area (Å²) in [5.41, 5.74) is 1.61. The Morgan fingerprint density at radius 2 is 1.63 bits per heavy atom. The highest BCUT2D eigenvalue weighted by Gasteiger charge is 2.06. The maximum Gasteiger partial charge on any atom is 0.192 e. The highest BCUT2D eigenvalue weighted by atomic mass is 127. The zero-order valence-corrected chi connectivity index (χ0v) is 14.0. The molecule has 0 radical (unpaired) electrons. The zero-order chi connectivity index (χ0) is 13.7. The molecule has 3 nitrogen and oxygen atoms in total. The van der Waals surface area contributed by atoms with Crippen molar-refractivity contribution in [1.29, 1.82) is 0 Å². The van der Waals surface area contributed by atoms with Crippen LogP contribution < -0.4 is 6.13 Å². The van der Waals surface area contributed by atoms with Crippen LogP contribution >= 0.6 is 46.0 Å². The maximum absolute atomic E-state index is 10.0. The Morgan fingerprint density at radius 3 is 2.26 bits per heavy atom. The first-order valence-corrected chi connectivity index (χ1v) is 7.18. The molecule has 0 unspecified atom stereocenters. The van der Waals surface area contributed by atoms with Crippen LogP contribution in [0.2, 0.25) is 0 Å². The van der Waals surface area contributed by atoms with Crippen molar-refractivity contribution in [2.45, 2.75) is 0 Å². The van der Waals surface area contributed by atoms with Gasteiger partial charge in [-0.1, -0.05) is 36.4 Å². The van der Waals surface area contributed by atoms with Crippen molar-refractivity contribution in [3.63, 3.8) is 0 Å². The summed E-state index contributed by atoms with van der Waals surface area (Å²) in [6, 6.07) is 14.8. The maximum atomic E-state index is 10.0. The Balaban J connectivity index is 2.33. The number of hydrogen-bond acceptors (Lipinski definition) is 3. The predicted octanol–water partition coefficient (Wildman–Crippen LogP) is 5.20. The lowest BCUT2D eigenvalue weighted by molar-refractivity contribution is 0.515. The van der Waals surface area contributed by atoms with E-state index in [4.69, 9.17) is 6.13 Å². The molecule has 0 aliphatic carbocycles. The minimum atomic E-state index is 0.211. The van der Waals surface area contributed by atoms with Crippen LogP contribution in [0.1, 0.15) is 11.1 Å². The van der Waals surface area contributed by atoms with E-state index in [-0.39, 0.29) is 5.76 Å². The van der Waals surface area contributed by atoms with Crippen LogP contribution in [0, 0.1) is 0 Å². The molecule has 0 bridgehead atoms. The lowest BCUT2D eigenvalue weighted by atomic mass is 10.1. The lowest BCUT2D eigenvalue weighted by Crippen LogP contribution is -1.85. The Kier molecular flexibility index (Phi) is 5.32. The molecule has 0 heterocycles. The molecule has 2 rings (SSSR count). The van der Waals surface area contributed by atoms with Crippen LogP contribution in [-0.4, -0.2) is 5.11 Å². The van der Waals surface area contributed by atoms with E-state index in [1.165, 1.54) is 0 Å². The second-order valence-electron chi connectivity index (χ2n) is 3.76. The third-order valence-electron chi connectivity index (χ3n) is 2.51. The Morgan fingerprint density at radius 1 is 0.947 bits per heavy atom. The van der Waals surface area contributed by atoms with Crippen LogP contribution in [0.5, 0.6) is 11.5 Å². The van der Waals surface area contributed by atoms with Gasteiger partial charge in [0, 0.05) is 5.56 Å². The molecule has 1 N–H and O–H groups in total. The van der Waals surface area contributed by atoms with Gasteiger partial charge in [-0.15, -0.1) is 0 Å². The number of hydrogen-bond donors (Lipinski definition) is 1. The van der Waals surface area contributed by atoms with Crippen molar-refractivity contribution >= 4 is 57.8 Å². The van der Waals surface area contributed by atoms with E-state index in [2.05, 4.69) is 0 Å². The average molecular weight is 480 g/mol. The third-order valence-corrected chi connectivity index (χ3v) is 3.46. The van der Waals surface area contributed by atoms with Gasteiger partial charge in [-0.25, -0.2) is 0 Å². The van der Waals surface area contributed by atoms with E-state index >= 15 is 0 Å². The monoisotopic (exact) mass is 480 g/mol. The van der Waals surface area contributed by atoms with Gasteiger partial charge in [0.15, 0.2) is 57.5 Å². The summed E-state index contributed by atoms with van der Waals surface area (Å²) < 4.78 is 10.3. The minimum absolute atomic E-state index is 0.211. The molecule has 0 aliphatic rings. The van der Waals surface area contributed by atoms with Gasteiger partial charge in [0.05, 0.1) is 0 Å². The summed E-state index contributed by atoms with van der Waals surface area (Å²) >= 11 is 3.60. The molecule has 2 aromatic carbocycles. The molecule has 2 aromatic rings. The molecule has 98 valence electrons. The highest BCUT2D eigenvalue weighted by molar-refractivity contribution is 14.1. The number of benzene rings is 2. The van der Waals surface area contributed by atoms with E-state index in [9.17, 15) is 5.11 Å². The lowest BCUT2D eigenvalue weighted by Gasteiger charge is -2.05. The van der Waals surface area contributed by atoms with E-state index in [1.807, 2.05) is 36.4 Å². The molecule has 0 spiro atoms. The first kappa shape index (κ1) is 14.4. The van der Waals surface area contributed by atoms with E-state index < -0.39 is 0 Å². The quantitative estimate of drug-likeness (QED) is 0.372. The number of rotatable bonds is 4. The number of halogens is 2. The largest absolute Gasteiger partial charge is 0.507 e. The predicted molar refractivity (Wildman–Crippen MR) is 92.7 cm³/mol. The van der Waals surface area contributed by atoms with Crippen LogP contribution in [-0.2, 0) is 0 Å². The van der Waals surface area contributed by atoms with E-state index in [0.29, 0.717) is 11.5 Å². The van der Waals surface area contributed by atoms with Crippen molar-refractivity contribution in [2.24, 2.45) is 0 Å². The summed E-state index contributed by atoms with van der Waals surface area (Å²) in [6.45, 7) is 0. The van der Waals surface area contributed by atoms with Crippen LogP contribution in [0.15, 0.2) is 48.5 Å². The first-order valence-electron chi connectivity index (χ1n) is 5.42. The fraction of sp³-hybridized carbons (Fsp3) is 0. The van der Waals surface area contributed by atoms with Gasteiger partial charge < -0.3 is 11.2 Å². The molecule has 0 atom stereocenters. The van der Waals surface area contributed by atoms with Gasteiger partial charge in [0.1, 0.15) is 5.76 Å². The SMILES string of the molecule is O/C(=C\c1ccc(OI)c(OI)c1)c1ccccc1. The summed E-state index contributed by atoms with van der Waals surface area (Å²) in [7, 11) is 0. The van der Waals surface area contributed by atoms with Gasteiger partial charge in [0.2, 0.25) is 0 Å². The number of aliphatic hydroxyl groups is 1. The summed E-state index contributed by atoms with van der Waals surface area (Å²) in [5, 5.41) is 10.0. The van der Waals surface area contributed by atoms with Gasteiger partial charge in [-0.05, 0) is 23.8 Å². The molecular formula is C14H10I2O3. The Bertz CT molecular complexity index is 582. The summed E-state index contributed by atoms with van der Waals surface area (Å²) in [6.07, 6.45) is 1.69. The van der Waals surface area contributed by atoms with Crippen molar-refractivity contribution in [3.05, 3.63) is 59.7 Å². The zero-order valence-electron chi connectivity index (χ0n) is 9.72. The number of aliphatic hydroxyl groups excluding tert-OH is 1. The van der Waals surface area contributed by atoms with Crippen LogP contribution in [0.3, 0.4) is 0 Å². The smallest absolute Gasteiger partial charge is 0.192 e. The van der Waals surface area contributed by atoms with Gasteiger partial charge in [-0.3, -0.25) is 0 Å². The van der Waals surface area contributed by atoms with Crippen molar-refractivity contribution in [1.82, 2.24) is 0 Å². The van der Waals surface area contributed by atoms with Crippen molar-refractivity contribution < 1.29 is 11.2 Å². The highest BCUT2D eigenvalue weighted by Crippen LogP contribution is 2.32. The fourth-order valence-electron chi connectivity index (χ4n) is 1.59. The molecule has 0 amide bonds. The van der Waals surface area contributed by atoms with Crippen molar-refractivity contribution in [3.8, 4) is 11.5 Å². The topological polar surface area (TPSA) is 38.7 Å². The first-order chi connectivity index (χ1) is 9.24. The Labute approximate surface area is 139 Å². The molecule has 0 saturated heterocycles. The van der Waals surface area contributed by atoms with Gasteiger partial charge in [-0.2, -0.15) is 0 Å². The minimum Gasteiger partial charge on any atom is -0.507 e. The molecule has 0 aliphatic heterocycles. The molecule has 0 aromatic heterocycles. The second kappa shape index (κ2) is 6.99. The summed E-state index contributed by atoms with van der Waals surface area (Å²) in [4.78, 5) is 0. The average Bonchev–Trinajstić information content (AvgIpc) is 2.48. The normalized spacial score (nSPS) is 11.2. The third kappa shape index (κ3) is 3.75. The van der Waals surface area contributed by atoms with Crippen molar-refractivity contribution in [2.75, 3.05) is 0 Å². The standard InChI is InChI=1S/C14H10I2O3/c15-18-13-7-6-10(9-14(13)19-16)8-12(17)11-4-2-1-3-5-11/h1-9,17H/b12-8-. The van der Waals surface area contributed by atoms with Gasteiger partial charge >= 0.3 is 0 Å². The van der Waals surface area contributed by atoms with Gasteiger partial charge in [0.25, 0.3) is 0 Å². The molecule has 0 fully saturated rings. The molecule has 0 saturated carbocycles. The Hall–Kier alpha value is -0.960. The molecular weight excluding hydrogens is 470 g/mol. The second-order valence-corrected chi connectivity index (χ2v) is 4.64. The van der Waals surface area contributed by atoms with E-state index in [0.717, 1.165) is 11.1 Å².